The Balaban J connectivity index is 1.56. The molecule has 3 aromatic rings. The van der Waals surface area contributed by atoms with Crippen LogP contribution in [0.2, 0.25) is 0 Å². The van der Waals surface area contributed by atoms with Crippen molar-refractivity contribution in [1.82, 2.24) is 4.98 Å². The Morgan fingerprint density at radius 1 is 1.10 bits per heavy atom. The summed E-state index contributed by atoms with van der Waals surface area (Å²) in [6.07, 6.45) is 0. The number of rotatable bonds is 9. The smallest absolute Gasteiger partial charge is 0.344 e. The molecule has 0 bridgehead atoms. The standard InChI is InChI=1S/C23H24N2O5S/c1-4-28-23(27)13-30-21-10-9-19(11-15(21)2)29-12-22-25-20(14-31-22)17-5-7-18(8-6-17)24-16(3)26/h5-11,14H,4,12-13H2,1-3H3,(H,24,26). The second-order valence-electron chi connectivity index (χ2n) is 6.69. The number of ether oxygens (including phenoxy) is 3. The van der Waals surface area contributed by atoms with Crippen molar-refractivity contribution in [2.75, 3.05) is 18.5 Å². The fourth-order valence-corrected chi connectivity index (χ4v) is 3.51. The number of carbonyl (C=O) groups is 2. The summed E-state index contributed by atoms with van der Waals surface area (Å²) in [6.45, 7) is 5.67. The van der Waals surface area contributed by atoms with E-state index in [0.29, 0.717) is 24.7 Å². The fraction of sp³-hybridized carbons (Fsp3) is 0.261. The quantitative estimate of drug-likeness (QED) is 0.490. The molecular weight excluding hydrogens is 416 g/mol. The van der Waals surface area contributed by atoms with Crippen LogP contribution in [0.5, 0.6) is 11.5 Å². The van der Waals surface area contributed by atoms with Crippen molar-refractivity contribution in [3.05, 3.63) is 58.4 Å². The van der Waals surface area contributed by atoms with E-state index < -0.39 is 5.97 Å². The zero-order valence-corrected chi connectivity index (χ0v) is 18.5. The van der Waals surface area contributed by atoms with Gasteiger partial charge in [0.25, 0.3) is 0 Å². The van der Waals surface area contributed by atoms with Crippen LogP contribution in [0.15, 0.2) is 47.8 Å². The molecule has 0 aliphatic carbocycles. The minimum Gasteiger partial charge on any atom is -0.486 e. The van der Waals surface area contributed by atoms with E-state index in [1.54, 1.807) is 19.1 Å². The number of esters is 1. The Hall–Kier alpha value is -3.39. The number of aryl methyl sites for hydroxylation is 1. The van der Waals surface area contributed by atoms with Crippen LogP contribution in [-0.2, 0) is 20.9 Å². The molecule has 0 aliphatic rings. The van der Waals surface area contributed by atoms with Gasteiger partial charge >= 0.3 is 5.97 Å². The molecule has 1 N–H and O–H groups in total. The van der Waals surface area contributed by atoms with E-state index in [-0.39, 0.29) is 12.5 Å². The average Bonchev–Trinajstić information content (AvgIpc) is 3.21. The largest absolute Gasteiger partial charge is 0.486 e. The van der Waals surface area contributed by atoms with Gasteiger partial charge < -0.3 is 19.5 Å². The van der Waals surface area contributed by atoms with E-state index in [4.69, 9.17) is 14.2 Å². The molecular formula is C23H24N2O5S. The van der Waals surface area contributed by atoms with Crippen LogP contribution in [0.25, 0.3) is 11.3 Å². The molecule has 1 heterocycles. The molecule has 0 saturated heterocycles. The maximum absolute atomic E-state index is 11.4. The molecule has 0 radical (unpaired) electrons. The van der Waals surface area contributed by atoms with Crippen molar-refractivity contribution in [1.29, 1.82) is 0 Å². The summed E-state index contributed by atoms with van der Waals surface area (Å²) in [6, 6.07) is 13.0. The summed E-state index contributed by atoms with van der Waals surface area (Å²) in [7, 11) is 0. The first-order valence-corrected chi connectivity index (χ1v) is 10.7. The number of carbonyl (C=O) groups excluding carboxylic acids is 2. The monoisotopic (exact) mass is 440 g/mol. The predicted molar refractivity (Wildman–Crippen MR) is 119 cm³/mol. The van der Waals surface area contributed by atoms with Crippen molar-refractivity contribution >= 4 is 28.9 Å². The minimum atomic E-state index is -0.397. The van der Waals surface area contributed by atoms with E-state index in [9.17, 15) is 9.59 Å². The molecule has 8 heteroatoms. The third kappa shape index (κ3) is 6.55. The number of nitrogens with one attached hydrogen (secondary N) is 1. The molecule has 0 unspecified atom stereocenters. The normalized spacial score (nSPS) is 10.4. The van der Waals surface area contributed by atoms with Crippen LogP contribution in [0.3, 0.4) is 0 Å². The number of hydrogen-bond acceptors (Lipinski definition) is 7. The van der Waals surface area contributed by atoms with Gasteiger partial charge in [0.15, 0.2) is 6.61 Å². The average molecular weight is 441 g/mol. The molecule has 0 atom stereocenters. The minimum absolute atomic E-state index is 0.102. The van der Waals surface area contributed by atoms with Gasteiger partial charge in [-0.1, -0.05) is 12.1 Å². The van der Waals surface area contributed by atoms with Gasteiger partial charge in [0.1, 0.15) is 23.1 Å². The number of amides is 1. The highest BCUT2D eigenvalue weighted by Gasteiger charge is 2.09. The molecule has 1 amide bonds. The van der Waals surface area contributed by atoms with Crippen LogP contribution < -0.4 is 14.8 Å². The first kappa shape index (κ1) is 22.3. The van der Waals surface area contributed by atoms with Crippen LogP contribution in [0, 0.1) is 6.92 Å². The van der Waals surface area contributed by atoms with Crippen molar-refractivity contribution < 1.29 is 23.8 Å². The van der Waals surface area contributed by atoms with Crippen LogP contribution in [-0.4, -0.2) is 30.1 Å². The highest BCUT2D eigenvalue weighted by molar-refractivity contribution is 7.09. The van der Waals surface area contributed by atoms with Gasteiger partial charge in [0.05, 0.1) is 12.3 Å². The molecule has 0 fully saturated rings. The summed E-state index contributed by atoms with van der Waals surface area (Å²) < 4.78 is 16.2. The maximum Gasteiger partial charge on any atom is 0.344 e. The van der Waals surface area contributed by atoms with Crippen LogP contribution in [0.1, 0.15) is 24.4 Å². The SMILES string of the molecule is CCOC(=O)COc1ccc(OCc2nc(-c3ccc(NC(C)=O)cc3)cs2)cc1C. The number of anilines is 1. The molecule has 0 spiro atoms. The van der Waals surface area contributed by atoms with Gasteiger partial charge in [-0.25, -0.2) is 9.78 Å². The first-order chi connectivity index (χ1) is 14.9. The molecule has 1 aromatic heterocycles. The first-order valence-electron chi connectivity index (χ1n) is 9.79. The van der Waals surface area contributed by atoms with E-state index >= 15 is 0 Å². The molecule has 7 nitrogen and oxygen atoms in total. The third-order valence-electron chi connectivity index (χ3n) is 4.21. The Bertz CT molecular complexity index is 1050. The lowest BCUT2D eigenvalue weighted by Gasteiger charge is -2.10. The van der Waals surface area contributed by atoms with Gasteiger partial charge in [-0.2, -0.15) is 0 Å². The number of aromatic nitrogens is 1. The summed E-state index contributed by atoms with van der Waals surface area (Å²) in [5.41, 5.74) is 3.44. The van der Waals surface area contributed by atoms with Gasteiger partial charge in [-0.3, -0.25) is 4.79 Å². The highest BCUT2D eigenvalue weighted by atomic mass is 32.1. The Kier molecular flexibility index (Phi) is 7.61. The van der Waals surface area contributed by atoms with Gasteiger partial charge in [-0.05, 0) is 49.7 Å². The lowest BCUT2D eigenvalue weighted by atomic mass is 10.1. The lowest BCUT2D eigenvalue weighted by Crippen LogP contribution is -2.14. The van der Waals surface area contributed by atoms with Crippen molar-refractivity contribution in [2.24, 2.45) is 0 Å². The third-order valence-corrected chi connectivity index (χ3v) is 5.03. The topological polar surface area (TPSA) is 86.8 Å². The number of thiazole rings is 1. The zero-order valence-electron chi connectivity index (χ0n) is 17.6. The van der Waals surface area contributed by atoms with E-state index in [2.05, 4.69) is 10.3 Å². The summed E-state index contributed by atoms with van der Waals surface area (Å²) in [4.78, 5) is 27.2. The molecule has 31 heavy (non-hydrogen) atoms. The molecule has 0 aliphatic heterocycles. The maximum atomic E-state index is 11.4. The predicted octanol–water partition coefficient (Wildman–Crippen LogP) is 4.60. The Morgan fingerprint density at radius 2 is 1.87 bits per heavy atom. The zero-order chi connectivity index (χ0) is 22.2. The molecule has 3 rings (SSSR count). The number of nitrogens with zero attached hydrogens (tertiary/aromatic N) is 1. The Labute approximate surface area is 185 Å². The molecule has 2 aromatic carbocycles. The van der Waals surface area contributed by atoms with Crippen molar-refractivity contribution in [3.8, 4) is 22.8 Å². The second-order valence-corrected chi connectivity index (χ2v) is 7.64. The Morgan fingerprint density at radius 3 is 2.55 bits per heavy atom. The number of hydrogen-bond donors (Lipinski definition) is 1. The van der Waals surface area contributed by atoms with E-state index in [0.717, 1.165) is 27.5 Å². The molecule has 0 saturated carbocycles. The van der Waals surface area contributed by atoms with E-state index in [1.807, 2.05) is 42.6 Å². The van der Waals surface area contributed by atoms with Crippen LogP contribution in [0.4, 0.5) is 5.69 Å². The second kappa shape index (κ2) is 10.6. The van der Waals surface area contributed by atoms with Crippen molar-refractivity contribution in [2.45, 2.75) is 27.4 Å². The summed E-state index contributed by atoms with van der Waals surface area (Å²) in [5.74, 6) is 0.804. The van der Waals surface area contributed by atoms with Crippen molar-refractivity contribution in [3.63, 3.8) is 0 Å². The molecule has 162 valence electrons. The number of benzene rings is 2. The van der Waals surface area contributed by atoms with Gasteiger partial charge in [0.2, 0.25) is 5.91 Å². The highest BCUT2D eigenvalue weighted by Crippen LogP contribution is 2.26. The lowest BCUT2D eigenvalue weighted by molar-refractivity contribution is -0.145. The fourth-order valence-electron chi connectivity index (χ4n) is 2.80. The van der Waals surface area contributed by atoms with Gasteiger partial charge in [-0.15, -0.1) is 11.3 Å². The van der Waals surface area contributed by atoms with Crippen LogP contribution >= 0.6 is 11.3 Å². The summed E-state index contributed by atoms with van der Waals surface area (Å²) in [5, 5.41) is 5.57. The van der Waals surface area contributed by atoms with E-state index in [1.165, 1.54) is 18.3 Å². The van der Waals surface area contributed by atoms with Gasteiger partial charge in [0, 0.05) is 23.6 Å². The summed E-state index contributed by atoms with van der Waals surface area (Å²) >= 11 is 1.52.